The highest BCUT2D eigenvalue weighted by atomic mass is 19.3. The number of nitrogens with two attached hydrogens (primary N) is 2. The summed E-state index contributed by atoms with van der Waals surface area (Å²) in [4.78, 5) is 0. The molecule has 0 bridgehead atoms. The highest BCUT2D eigenvalue weighted by Gasteiger charge is 2.11. The molecule has 0 amide bonds. The second-order valence-corrected chi connectivity index (χ2v) is 1.23. The molecule has 0 aromatic carbocycles. The van der Waals surface area contributed by atoms with Crippen LogP contribution in [0.15, 0.2) is 0 Å². The van der Waals surface area contributed by atoms with Gasteiger partial charge in [0.2, 0.25) is 0 Å². The molecule has 0 rings (SSSR count). The van der Waals surface area contributed by atoms with Crippen molar-refractivity contribution in [3.8, 4) is 0 Å². The first kappa shape index (κ1) is 6.78. The molecule has 0 radical (unpaired) electrons. The summed E-state index contributed by atoms with van der Waals surface area (Å²) in [7, 11) is 0. The average molecular weight is 110 g/mol. The molecule has 0 saturated carbocycles. The maximum Gasteiger partial charge on any atom is 0.254 e. The number of hydrogen-bond donors (Lipinski definition) is 2. The Morgan fingerprint density at radius 3 is 1.86 bits per heavy atom. The van der Waals surface area contributed by atoms with Gasteiger partial charge >= 0.3 is 0 Å². The molecular formula is C3H8F2N2. The molecule has 1 atom stereocenters. The molecule has 0 aliphatic rings. The lowest BCUT2D eigenvalue weighted by Crippen LogP contribution is -2.36. The summed E-state index contributed by atoms with van der Waals surface area (Å²) < 4.78 is 22.4. The van der Waals surface area contributed by atoms with E-state index in [0.29, 0.717) is 0 Å². The van der Waals surface area contributed by atoms with E-state index in [9.17, 15) is 8.78 Å². The zero-order valence-corrected chi connectivity index (χ0v) is 3.77. The van der Waals surface area contributed by atoms with Gasteiger partial charge < -0.3 is 11.5 Å². The summed E-state index contributed by atoms with van der Waals surface area (Å²) in [5.41, 5.74) is 9.51. The quantitative estimate of drug-likeness (QED) is 0.505. The highest BCUT2D eigenvalue weighted by molar-refractivity contribution is 4.62. The van der Waals surface area contributed by atoms with Gasteiger partial charge in [0, 0.05) is 6.54 Å². The summed E-state index contributed by atoms with van der Waals surface area (Å²) in [5, 5.41) is 0. The summed E-state index contributed by atoms with van der Waals surface area (Å²) in [6.45, 7) is -0.155. The van der Waals surface area contributed by atoms with Crippen molar-refractivity contribution in [2.45, 2.75) is 12.5 Å². The minimum Gasteiger partial charge on any atom is -0.329 e. The predicted octanol–water partition coefficient (Wildman–Crippen LogP) is -0.463. The van der Waals surface area contributed by atoms with Crippen LogP contribution in [0.25, 0.3) is 0 Å². The van der Waals surface area contributed by atoms with Crippen LogP contribution >= 0.6 is 0 Å². The fourth-order valence-corrected chi connectivity index (χ4v) is 0.103. The fraction of sp³-hybridized carbons (Fsp3) is 1.00. The van der Waals surface area contributed by atoms with E-state index in [-0.39, 0.29) is 6.54 Å². The molecule has 4 N–H and O–H groups in total. The molecule has 0 aliphatic carbocycles. The molecule has 1 unspecified atom stereocenters. The van der Waals surface area contributed by atoms with E-state index in [2.05, 4.69) is 0 Å². The minimum atomic E-state index is -2.48. The zero-order valence-electron chi connectivity index (χ0n) is 3.77. The third kappa shape index (κ3) is 2.47. The van der Waals surface area contributed by atoms with Crippen molar-refractivity contribution in [3.63, 3.8) is 0 Å². The smallest absolute Gasteiger partial charge is 0.254 e. The topological polar surface area (TPSA) is 52.0 Å². The Hall–Kier alpha value is -0.220. The van der Waals surface area contributed by atoms with E-state index in [1.54, 1.807) is 0 Å². The van der Waals surface area contributed by atoms with Crippen LogP contribution in [0.3, 0.4) is 0 Å². The molecule has 44 valence electrons. The average Bonchev–Trinajstić information content (AvgIpc) is 1.65. The molecule has 0 fully saturated rings. The van der Waals surface area contributed by atoms with Crippen molar-refractivity contribution in [1.82, 2.24) is 0 Å². The van der Waals surface area contributed by atoms with Crippen molar-refractivity contribution in [2.24, 2.45) is 11.5 Å². The molecule has 0 spiro atoms. The number of rotatable bonds is 2. The molecule has 0 heterocycles. The first-order valence-corrected chi connectivity index (χ1v) is 1.92. The van der Waals surface area contributed by atoms with E-state index >= 15 is 0 Å². The van der Waals surface area contributed by atoms with Gasteiger partial charge in [0.15, 0.2) is 0 Å². The number of alkyl halides is 2. The SMILES string of the molecule is NCC(N)C(F)F. The maximum absolute atomic E-state index is 11.2. The van der Waals surface area contributed by atoms with Crippen molar-refractivity contribution >= 4 is 0 Å². The third-order valence-electron chi connectivity index (χ3n) is 0.596. The summed E-state index contributed by atoms with van der Waals surface area (Å²) in [6.07, 6.45) is -2.48. The van der Waals surface area contributed by atoms with Gasteiger partial charge in [-0.2, -0.15) is 0 Å². The highest BCUT2D eigenvalue weighted by Crippen LogP contribution is 1.93. The Labute approximate surface area is 40.5 Å². The Kier molecular flexibility index (Phi) is 2.78. The summed E-state index contributed by atoms with van der Waals surface area (Å²) in [5.74, 6) is 0. The van der Waals surface area contributed by atoms with Crippen molar-refractivity contribution < 1.29 is 8.78 Å². The van der Waals surface area contributed by atoms with Gasteiger partial charge in [-0.25, -0.2) is 8.78 Å². The van der Waals surface area contributed by atoms with Gasteiger partial charge in [0.25, 0.3) is 6.43 Å². The van der Waals surface area contributed by atoms with Gasteiger partial charge in [-0.15, -0.1) is 0 Å². The maximum atomic E-state index is 11.2. The van der Waals surface area contributed by atoms with Crippen molar-refractivity contribution in [1.29, 1.82) is 0 Å². The van der Waals surface area contributed by atoms with Crippen LogP contribution in [0.5, 0.6) is 0 Å². The van der Waals surface area contributed by atoms with Crippen LogP contribution in [0.4, 0.5) is 8.78 Å². The minimum absolute atomic E-state index is 0.155. The van der Waals surface area contributed by atoms with Gasteiger partial charge in [0.1, 0.15) is 0 Å². The second kappa shape index (κ2) is 2.87. The van der Waals surface area contributed by atoms with Crippen LogP contribution in [0.2, 0.25) is 0 Å². The Bertz CT molecular complexity index is 48.2. The zero-order chi connectivity index (χ0) is 5.86. The molecule has 0 saturated heterocycles. The third-order valence-corrected chi connectivity index (χ3v) is 0.596. The van der Waals surface area contributed by atoms with Crippen molar-refractivity contribution in [2.75, 3.05) is 6.54 Å². The number of halogens is 2. The van der Waals surface area contributed by atoms with Crippen LogP contribution in [-0.2, 0) is 0 Å². The first-order chi connectivity index (χ1) is 3.18. The fourth-order valence-electron chi connectivity index (χ4n) is 0.103. The Morgan fingerprint density at radius 1 is 1.43 bits per heavy atom. The van der Waals surface area contributed by atoms with E-state index in [1.807, 2.05) is 0 Å². The normalized spacial score (nSPS) is 15.0. The standard InChI is InChI=1S/C3H8F2N2/c4-3(5)2(7)1-6/h2-3H,1,6-7H2. The predicted molar refractivity (Wildman–Crippen MR) is 23.0 cm³/mol. The van der Waals surface area contributed by atoms with Crippen LogP contribution in [0.1, 0.15) is 0 Å². The van der Waals surface area contributed by atoms with E-state index in [0.717, 1.165) is 0 Å². The van der Waals surface area contributed by atoms with Gasteiger partial charge in [0.05, 0.1) is 6.04 Å². The van der Waals surface area contributed by atoms with Crippen LogP contribution in [-0.4, -0.2) is 19.0 Å². The summed E-state index contributed by atoms with van der Waals surface area (Å²) >= 11 is 0. The van der Waals surface area contributed by atoms with Gasteiger partial charge in [-0.3, -0.25) is 0 Å². The van der Waals surface area contributed by atoms with E-state index in [1.165, 1.54) is 0 Å². The Balaban J connectivity index is 3.14. The lowest BCUT2D eigenvalue weighted by atomic mass is 10.3. The van der Waals surface area contributed by atoms with Gasteiger partial charge in [-0.05, 0) is 0 Å². The molecule has 0 aromatic rings. The first-order valence-electron chi connectivity index (χ1n) is 1.92. The lowest BCUT2D eigenvalue weighted by Gasteiger charge is -2.03. The lowest BCUT2D eigenvalue weighted by molar-refractivity contribution is 0.119. The van der Waals surface area contributed by atoms with E-state index in [4.69, 9.17) is 11.5 Å². The molecule has 2 nitrogen and oxygen atoms in total. The molecule has 0 aliphatic heterocycles. The van der Waals surface area contributed by atoms with Crippen molar-refractivity contribution in [3.05, 3.63) is 0 Å². The largest absolute Gasteiger partial charge is 0.329 e. The molecule has 4 heteroatoms. The molecular weight excluding hydrogens is 102 g/mol. The molecule has 7 heavy (non-hydrogen) atoms. The van der Waals surface area contributed by atoms with Crippen LogP contribution < -0.4 is 11.5 Å². The van der Waals surface area contributed by atoms with Gasteiger partial charge in [-0.1, -0.05) is 0 Å². The monoisotopic (exact) mass is 110 g/mol. The van der Waals surface area contributed by atoms with E-state index < -0.39 is 12.5 Å². The second-order valence-electron chi connectivity index (χ2n) is 1.23. The Morgan fingerprint density at radius 2 is 1.86 bits per heavy atom. The molecule has 0 aromatic heterocycles. The number of hydrogen-bond acceptors (Lipinski definition) is 2. The van der Waals surface area contributed by atoms with Crippen LogP contribution in [0, 0.1) is 0 Å². The summed E-state index contributed by atoms with van der Waals surface area (Å²) in [6, 6.07) is -1.15.